The number of nitrogens with zero attached hydrogens (tertiary/aromatic N) is 3. The summed E-state index contributed by atoms with van der Waals surface area (Å²) in [7, 11) is 0. The summed E-state index contributed by atoms with van der Waals surface area (Å²) in [5, 5.41) is 16.7. The van der Waals surface area contributed by atoms with Gasteiger partial charge in [-0.2, -0.15) is 10.2 Å². The van der Waals surface area contributed by atoms with Gasteiger partial charge in [0.15, 0.2) is 11.5 Å². The molecule has 0 bridgehead atoms. The third-order valence-corrected chi connectivity index (χ3v) is 2.44. The van der Waals surface area contributed by atoms with Crippen molar-refractivity contribution in [2.75, 3.05) is 11.1 Å². The molecule has 2 aromatic rings. The van der Waals surface area contributed by atoms with Gasteiger partial charge in [0, 0.05) is 6.20 Å². The quantitative estimate of drug-likeness (QED) is 0.752. The molecule has 7 nitrogen and oxygen atoms in total. The first-order valence-electron chi connectivity index (χ1n) is 5.52. The standard InChI is InChI=1S/C11H14N6O/c1-6(2)9-8(12)10(17-16-9)11(18)14-7-4-3-5-13-15-7/h3-6H,12H2,1-2H3,(H,16,17)(H,14,15,18). The van der Waals surface area contributed by atoms with Gasteiger partial charge >= 0.3 is 0 Å². The second kappa shape index (κ2) is 4.82. The lowest BCUT2D eigenvalue weighted by Gasteiger charge is -2.03. The minimum atomic E-state index is -0.406. The topological polar surface area (TPSA) is 110 Å². The second-order valence-electron chi connectivity index (χ2n) is 4.12. The van der Waals surface area contributed by atoms with Gasteiger partial charge in [-0.3, -0.25) is 9.89 Å². The summed E-state index contributed by atoms with van der Waals surface area (Å²) in [6.07, 6.45) is 1.52. The number of aromatic nitrogens is 4. The van der Waals surface area contributed by atoms with Crippen molar-refractivity contribution < 1.29 is 4.79 Å². The van der Waals surface area contributed by atoms with E-state index < -0.39 is 5.91 Å². The molecular weight excluding hydrogens is 232 g/mol. The Morgan fingerprint density at radius 3 is 2.83 bits per heavy atom. The van der Waals surface area contributed by atoms with Gasteiger partial charge < -0.3 is 11.1 Å². The second-order valence-corrected chi connectivity index (χ2v) is 4.12. The lowest BCUT2D eigenvalue weighted by Crippen LogP contribution is -2.15. The summed E-state index contributed by atoms with van der Waals surface area (Å²) in [6.45, 7) is 3.93. The third-order valence-electron chi connectivity index (χ3n) is 2.44. The average molecular weight is 246 g/mol. The van der Waals surface area contributed by atoms with E-state index in [1.807, 2.05) is 13.8 Å². The first kappa shape index (κ1) is 12.0. The molecule has 0 aliphatic carbocycles. The molecule has 0 aliphatic heterocycles. The van der Waals surface area contributed by atoms with Crippen LogP contribution in [0.1, 0.15) is 35.9 Å². The molecule has 0 aliphatic rings. The van der Waals surface area contributed by atoms with Gasteiger partial charge in [0.05, 0.1) is 11.4 Å². The molecule has 94 valence electrons. The van der Waals surface area contributed by atoms with Crippen LogP contribution < -0.4 is 11.1 Å². The van der Waals surface area contributed by atoms with Crippen LogP contribution in [0.4, 0.5) is 11.5 Å². The van der Waals surface area contributed by atoms with Crippen LogP contribution in [0, 0.1) is 0 Å². The molecule has 7 heteroatoms. The van der Waals surface area contributed by atoms with E-state index >= 15 is 0 Å². The normalized spacial score (nSPS) is 10.6. The highest BCUT2D eigenvalue weighted by Gasteiger charge is 2.19. The van der Waals surface area contributed by atoms with Crippen LogP contribution in [-0.4, -0.2) is 26.3 Å². The molecular formula is C11H14N6O. The van der Waals surface area contributed by atoms with Gasteiger partial charge in [0.1, 0.15) is 0 Å². The minimum Gasteiger partial charge on any atom is -0.395 e. The van der Waals surface area contributed by atoms with Gasteiger partial charge in [0.2, 0.25) is 0 Å². The van der Waals surface area contributed by atoms with Gasteiger partial charge in [-0.25, -0.2) is 0 Å². The van der Waals surface area contributed by atoms with Crippen molar-refractivity contribution in [2.24, 2.45) is 0 Å². The molecule has 0 radical (unpaired) electrons. The van der Waals surface area contributed by atoms with E-state index in [0.29, 0.717) is 11.5 Å². The predicted octanol–water partition coefficient (Wildman–Crippen LogP) is 1.16. The number of H-pyrrole nitrogens is 1. The fourth-order valence-corrected chi connectivity index (χ4v) is 1.52. The highest BCUT2D eigenvalue weighted by atomic mass is 16.2. The van der Waals surface area contributed by atoms with Crippen LogP contribution in [0.25, 0.3) is 0 Å². The van der Waals surface area contributed by atoms with Crippen LogP contribution in [0.2, 0.25) is 0 Å². The Hall–Kier alpha value is -2.44. The molecule has 0 saturated heterocycles. The van der Waals surface area contributed by atoms with E-state index in [4.69, 9.17) is 5.73 Å². The molecule has 0 unspecified atom stereocenters. The molecule has 2 aromatic heterocycles. The van der Waals surface area contributed by atoms with Crippen LogP contribution >= 0.6 is 0 Å². The largest absolute Gasteiger partial charge is 0.395 e. The summed E-state index contributed by atoms with van der Waals surface area (Å²) >= 11 is 0. The molecule has 1 amide bonds. The van der Waals surface area contributed by atoms with Gasteiger partial charge in [-0.05, 0) is 18.1 Å². The van der Waals surface area contributed by atoms with Gasteiger partial charge in [0.25, 0.3) is 5.91 Å². The molecule has 0 spiro atoms. The van der Waals surface area contributed by atoms with Crippen LogP contribution in [-0.2, 0) is 0 Å². The van der Waals surface area contributed by atoms with Crippen molar-refractivity contribution in [3.05, 3.63) is 29.7 Å². The number of rotatable bonds is 3. The van der Waals surface area contributed by atoms with Crippen molar-refractivity contribution in [3.8, 4) is 0 Å². The summed E-state index contributed by atoms with van der Waals surface area (Å²) in [6, 6.07) is 3.31. The molecule has 0 atom stereocenters. The lowest BCUT2D eigenvalue weighted by atomic mass is 10.1. The third kappa shape index (κ3) is 2.29. The predicted molar refractivity (Wildman–Crippen MR) is 67.1 cm³/mol. The molecule has 0 aromatic carbocycles. The number of carbonyl (C=O) groups excluding carboxylic acids is 1. The number of amides is 1. The van der Waals surface area contributed by atoms with Crippen molar-refractivity contribution in [3.63, 3.8) is 0 Å². The number of anilines is 2. The van der Waals surface area contributed by atoms with E-state index in [-0.39, 0.29) is 11.6 Å². The summed E-state index contributed by atoms with van der Waals surface area (Å²) in [4.78, 5) is 11.9. The Morgan fingerprint density at radius 2 is 2.28 bits per heavy atom. The molecule has 2 heterocycles. The van der Waals surface area contributed by atoms with Crippen LogP contribution in [0.3, 0.4) is 0 Å². The highest BCUT2D eigenvalue weighted by molar-refractivity contribution is 6.06. The number of nitrogens with one attached hydrogen (secondary N) is 2. The maximum absolute atomic E-state index is 11.9. The first-order chi connectivity index (χ1) is 8.59. The Kier molecular flexibility index (Phi) is 3.22. The zero-order valence-corrected chi connectivity index (χ0v) is 10.1. The van der Waals surface area contributed by atoms with Crippen molar-refractivity contribution >= 4 is 17.4 Å². The van der Waals surface area contributed by atoms with Crippen molar-refractivity contribution in [1.29, 1.82) is 0 Å². The number of aromatic amines is 1. The number of nitrogen functional groups attached to an aromatic ring is 1. The lowest BCUT2D eigenvalue weighted by molar-refractivity contribution is 0.102. The molecule has 0 fully saturated rings. The summed E-state index contributed by atoms with van der Waals surface area (Å²) in [5.74, 6) is 0.128. The Labute approximate surface area is 104 Å². The maximum atomic E-state index is 11.9. The van der Waals surface area contributed by atoms with Crippen molar-refractivity contribution in [2.45, 2.75) is 19.8 Å². The Morgan fingerprint density at radius 1 is 1.50 bits per heavy atom. The molecule has 2 rings (SSSR count). The summed E-state index contributed by atoms with van der Waals surface area (Å²) < 4.78 is 0. The first-order valence-corrected chi connectivity index (χ1v) is 5.52. The molecule has 4 N–H and O–H groups in total. The Balaban J connectivity index is 2.20. The summed E-state index contributed by atoms with van der Waals surface area (Å²) in [5.41, 5.74) is 7.16. The maximum Gasteiger partial charge on any atom is 0.279 e. The number of nitrogens with two attached hydrogens (primary N) is 1. The molecule has 0 saturated carbocycles. The SMILES string of the molecule is CC(C)c1[nH]nc(C(=O)Nc2cccnn2)c1N. The van der Waals surface area contributed by atoms with E-state index in [1.165, 1.54) is 6.20 Å². The van der Waals surface area contributed by atoms with Gasteiger partial charge in [-0.1, -0.05) is 13.8 Å². The molecule has 18 heavy (non-hydrogen) atoms. The Bertz CT molecular complexity index is 548. The fraction of sp³-hybridized carbons (Fsp3) is 0.273. The van der Waals surface area contributed by atoms with Gasteiger partial charge in [-0.15, -0.1) is 5.10 Å². The monoisotopic (exact) mass is 246 g/mol. The number of hydrogen-bond acceptors (Lipinski definition) is 5. The zero-order valence-electron chi connectivity index (χ0n) is 10.1. The minimum absolute atomic E-state index is 0.171. The number of hydrogen-bond donors (Lipinski definition) is 3. The van der Waals surface area contributed by atoms with E-state index in [2.05, 4.69) is 25.7 Å². The van der Waals surface area contributed by atoms with Crippen molar-refractivity contribution in [1.82, 2.24) is 20.4 Å². The van der Waals surface area contributed by atoms with Crippen LogP contribution in [0.15, 0.2) is 18.3 Å². The highest BCUT2D eigenvalue weighted by Crippen LogP contribution is 2.22. The average Bonchev–Trinajstić information content (AvgIpc) is 2.72. The fourth-order valence-electron chi connectivity index (χ4n) is 1.52. The van der Waals surface area contributed by atoms with E-state index in [9.17, 15) is 4.79 Å². The zero-order chi connectivity index (χ0) is 13.1. The number of carbonyl (C=O) groups is 1. The van der Waals surface area contributed by atoms with E-state index in [1.54, 1.807) is 12.1 Å². The van der Waals surface area contributed by atoms with Crippen LogP contribution in [0.5, 0.6) is 0 Å². The van der Waals surface area contributed by atoms with E-state index in [0.717, 1.165) is 5.69 Å². The smallest absolute Gasteiger partial charge is 0.279 e.